The number of hydrogen-bond donors (Lipinski definition) is 2. The lowest BCUT2D eigenvalue weighted by Crippen LogP contribution is -2.35. The molecule has 0 radical (unpaired) electrons. The number of morpholine rings is 1. The molecule has 1 fully saturated rings. The maximum Gasteiger partial charge on any atom is 0.233 e. The fourth-order valence-electron chi connectivity index (χ4n) is 3.02. The van der Waals surface area contributed by atoms with Gasteiger partial charge in [0.2, 0.25) is 5.91 Å². The van der Waals surface area contributed by atoms with Crippen LogP contribution in [0.15, 0.2) is 54.6 Å². The summed E-state index contributed by atoms with van der Waals surface area (Å²) < 4.78 is 5.37. The highest BCUT2D eigenvalue weighted by molar-refractivity contribution is 5.96. The molecule has 2 aromatic carbocycles. The van der Waals surface area contributed by atoms with E-state index in [0.717, 1.165) is 44.1 Å². The van der Waals surface area contributed by atoms with Crippen LogP contribution in [0.25, 0.3) is 0 Å². The number of ether oxygens (including phenoxy) is 1. The second-order valence-corrected chi connectivity index (χ2v) is 6.27. The molecule has 0 aromatic heterocycles. The first kappa shape index (κ1) is 23.4. The van der Waals surface area contributed by atoms with Crippen molar-refractivity contribution in [2.75, 3.05) is 38.2 Å². The summed E-state index contributed by atoms with van der Waals surface area (Å²) >= 11 is 0. The van der Waals surface area contributed by atoms with Gasteiger partial charge in [0.15, 0.2) is 0 Å². The molecule has 1 saturated heterocycles. The molecule has 1 amide bonds. The van der Waals surface area contributed by atoms with Gasteiger partial charge in [-0.2, -0.15) is 0 Å². The minimum atomic E-state index is -0.339. The van der Waals surface area contributed by atoms with Crippen LogP contribution >= 0.6 is 24.8 Å². The Balaban J connectivity index is 0.00000182. The van der Waals surface area contributed by atoms with Gasteiger partial charge in [-0.15, -0.1) is 24.8 Å². The van der Waals surface area contributed by atoms with Gasteiger partial charge < -0.3 is 15.8 Å². The number of halogens is 2. The summed E-state index contributed by atoms with van der Waals surface area (Å²) in [4.78, 5) is 14.9. The van der Waals surface area contributed by atoms with Crippen molar-refractivity contribution in [1.29, 1.82) is 0 Å². The lowest BCUT2D eigenvalue weighted by molar-refractivity contribution is -0.117. The van der Waals surface area contributed by atoms with Gasteiger partial charge in [0.25, 0.3) is 0 Å². The second-order valence-electron chi connectivity index (χ2n) is 6.27. The summed E-state index contributed by atoms with van der Waals surface area (Å²) in [5.74, 6) is -0.413. The predicted octanol–water partition coefficient (Wildman–Crippen LogP) is 3.04. The molecule has 1 aliphatic rings. The minimum absolute atomic E-state index is 0. The van der Waals surface area contributed by atoms with Crippen LogP contribution in [0, 0.1) is 0 Å². The van der Waals surface area contributed by atoms with Gasteiger partial charge >= 0.3 is 0 Å². The highest BCUT2D eigenvalue weighted by Crippen LogP contribution is 2.18. The van der Waals surface area contributed by atoms with E-state index in [-0.39, 0.29) is 43.2 Å². The first-order valence-corrected chi connectivity index (χ1v) is 8.71. The quantitative estimate of drug-likeness (QED) is 0.766. The molecule has 148 valence electrons. The van der Waals surface area contributed by atoms with E-state index >= 15 is 0 Å². The van der Waals surface area contributed by atoms with Gasteiger partial charge in [0, 0.05) is 31.9 Å². The summed E-state index contributed by atoms with van der Waals surface area (Å²) in [5, 5.41) is 2.97. The van der Waals surface area contributed by atoms with Gasteiger partial charge in [-0.25, -0.2) is 0 Å². The van der Waals surface area contributed by atoms with Crippen LogP contribution in [0.5, 0.6) is 0 Å². The number of carbonyl (C=O) groups is 1. The molecular formula is C20H27Cl2N3O2. The zero-order valence-electron chi connectivity index (χ0n) is 15.2. The van der Waals surface area contributed by atoms with Crippen molar-refractivity contribution in [3.8, 4) is 0 Å². The second kappa shape index (κ2) is 12.0. The third-order valence-electron chi connectivity index (χ3n) is 4.49. The third-order valence-corrected chi connectivity index (χ3v) is 4.49. The van der Waals surface area contributed by atoms with Crippen LogP contribution in [0.4, 0.5) is 5.69 Å². The molecule has 7 heteroatoms. The zero-order valence-corrected chi connectivity index (χ0v) is 16.8. The van der Waals surface area contributed by atoms with Crippen LogP contribution in [0.1, 0.15) is 17.0 Å². The van der Waals surface area contributed by atoms with E-state index in [1.165, 1.54) is 5.56 Å². The number of nitrogens with one attached hydrogen (secondary N) is 1. The SMILES string of the molecule is Cl.Cl.NCC(C(=O)Nc1ccc(CN2CCOCC2)cc1)c1ccccc1. The molecule has 1 unspecified atom stereocenters. The lowest BCUT2D eigenvalue weighted by Gasteiger charge is -2.26. The van der Waals surface area contributed by atoms with E-state index in [9.17, 15) is 4.79 Å². The van der Waals surface area contributed by atoms with Gasteiger partial charge in [-0.1, -0.05) is 42.5 Å². The normalized spacial score (nSPS) is 15.1. The summed E-state index contributed by atoms with van der Waals surface area (Å²) in [7, 11) is 0. The fourth-order valence-corrected chi connectivity index (χ4v) is 3.02. The molecule has 0 spiro atoms. The molecule has 0 bridgehead atoms. The lowest BCUT2D eigenvalue weighted by atomic mass is 9.98. The summed E-state index contributed by atoms with van der Waals surface area (Å²) in [6.45, 7) is 4.72. The monoisotopic (exact) mass is 411 g/mol. The number of carbonyl (C=O) groups excluding carboxylic acids is 1. The Hall–Kier alpha value is -1.63. The zero-order chi connectivity index (χ0) is 17.5. The molecular weight excluding hydrogens is 385 g/mol. The van der Waals surface area contributed by atoms with E-state index < -0.39 is 0 Å². The average molecular weight is 412 g/mol. The molecule has 5 nitrogen and oxygen atoms in total. The average Bonchev–Trinajstić information content (AvgIpc) is 2.66. The first-order valence-electron chi connectivity index (χ1n) is 8.71. The van der Waals surface area contributed by atoms with Gasteiger partial charge in [0.05, 0.1) is 19.1 Å². The highest BCUT2D eigenvalue weighted by atomic mass is 35.5. The standard InChI is InChI=1S/C20H25N3O2.2ClH/c21-14-19(17-4-2-1-3-5-17)20(24)22-18-8-6-16(7-9-18)15-23-10-12-25-13-11-23;;/h1-9,19H,10-15,21H2,(H,22,24);2*1H. The summed E-state index contributed by atoms with van der Waals surface area (Å²) in [6, 6.07) is 17.7. The molecule has 1 aliphatic heterocycles. The van der Waals surface area contributed by atoms with Gasteiger partial charge in [-0.3, -0.25) is 9.69 Å². The number of benzene rings is 2. The maximum absolute atomic E-state index is 12.5. The Labute approximate surface area is 173 Å². The van der Waals surface area contributed by atoms with E-state index in [4.69, 9.17) is 10.5 Å². The van der Waals surface area contributed by atoms with Crippen molar-refractivity contribution >= 4 is 36.4 Å². The minimum Gasteiger partial charge on any atom is -0.379 e. The molecule has 1 atom stereocenters. The number of anilines is 1. The van der Waals surface area contributed by atoms with E-state index in [1.54, 1.807) is 0 Å². The Morgan fingerprint density at radius 2 is 1.67 bits per heavy atom. The van der Waals surface area contributed by atoms with E-state index in [1.807, 2.05) is 42.5 Å². The van der Waals surface area contributed by atoms with E-state index in [2.05, 4.69) is 22.3 Å². The van der Waals surface area contributed by atoms with Gasteiger partial charge in [-0.05, 0) is 23.3 Å². The number of amides is 1. The number of nitrogens with two attached hydrogens (primary N) is 1. The number of hydrogen-bond acceptors (Lipinski definition) is 4. The molecule has 27 heavy (non-hydrogen) atoms. The number of nitrogens with zero attached hydrogens (tertiary/aromatic N) is 1. The predicted molar refractivity (Wildman–Crippen MR) is 114 cm³/mol. The van der Waals surface area contributed by atoms with Crippen molar-refractivity contribution in [2.24, 2.45) is 5.73 Å². The molecule has 3 rings (SSSR count). The third kappa shape index (κ3) is 6.79. The Bertz CT molecular complexity index is 677. The smallest absolute Gasteiger partial charge is 0.233 e. The molecule has 0 aliphatic carbocycles. The maximum atomic E-state index is 12.5. The molecule has 0 saturated carbocycles. The van der Waals surface area contributed by atoms with Gasteiger partial charge in [0.1, 0.15) is 0 Å². The van der Waals surface area contributed by atoms with Crippen molar-refractivity contribution in [3.05, 3.63) is 65.7 Å². The van der Waals surface area contributed by atoms with E-state index in [0.29, 0.717) is 0 Å². The molecule has 3 N–H and O–H groups in total. The van der Waals surface area contributed by atoms with Crippen LogP contribution in [-0.2, 0) is 16.1 Å². The van der Waals surface area contributed by atoms with Crippen LogP contribution in [0.2, 0.25) is 0 Å². The topological polar surface area (TPSA) is 67.6 Å². The van der Waals surface area contributed by atoms with Crippen molar-refractivity contribution in [2.45, 2.75) is 12.5 Å². The van der Waals surface area contributed by atoms with Crippen LogP contribution in [0.3, 0.4) is 0 Å². The molecule has 1 heterocycles. The van der Waals surface area contributed by atoms with Crippen molar-refractivity contribution in [1.82, 2.24) is 4.90 Å². The highest BCUT2D eigenvalue weighted by Gasteiger charge is 2.19. The fraction of sp³-hybridized carbons (Fsp3) is 0.350. The van der Waals surface area contributed by atoms with Crippen molar-refractivity contribution in [3.63, 3.8) is 0 Å². The van der Waals surface area contributed by atoms with Crippen LogP contribution < -0.4 is 11.1 Å². The number of rotatable bonds is 6. The first-order chi connectivity index (χ1) is 12.3. The largest absolute Gasteiger partial charge is 0.379 e. The Morgan fingerprint density at radius 3 is 2.26 bits per heavy atom. The summed E-state index contributed by atoms with van der Waals surface area (Å²) in [5.41, 5.74) is 8.78. The Morgan fingerprint density at radius 1 is 1.04 bits per heavy atom. The summed E-state index contributed by atoms with van der Waals surface area (Å²) in [6.07, 6.45) is 0. The van der Waals surface area contributed by atoms with Crippen molar-refractivity contribution < 1.29 is 9.53 Å². The Kier molecular flexibility index (Phi) is 10.4. The van der Waals surface area contributed by atoms with Crippen LogP contribution in [-0.4, -0.2) is 43.7 Å². The molecule has 2 aromatic rings.